The molecule has 27 heavy (non-hydrogen) atoms. The van der Waals surface area contributed by atoms with Crippen molar-refractivity contribution in [2.24, 2.45) is 14.1 Å². The minimum Gasteiger partial charge on any atom is -0.465 e. The third-order valence-electron chi connectivity index (χ3n) is 3.89. The van der Waals surface area contributed by atoms with Gasteiger partial charge in [0, 0.05) is 20.5 Å². The van der Waals surface area contributed by atoms with E-state index in [1.165, 1.54) is 25.6 Å². The van der Waals surface area contributed by atoms with Crippen molar-refractivity contribution >= 4 is 34.5 Å². The van der Waals surface area contributed by atoms with Gasteiger partial charge in [-0.1, -0.05) is 18.7 Å². The summed E-state index contributed by atoms with van der Waals surface area (Å²) in [6.45, 7) is 4.99. The Labute approximate surface area is 159 Å². The molecule has 0 aromatic carbocycles. The smallest absolute Gasteiger partial charge is 0.332 e. The molecule has 2 rings (SSSR count). The lowest BCUT2D eigenvalue weighted by Crippen LogP contribution is -2.38. The molecule has 2 heterocycles. The summed E-state index contributed by atoms with van der Waals surface area (Å²) in [7, 11) is 2.86. The number of rotatable bonds is 7. The minimum atomic E-state index is -1.15. The Morgan fingerprint density at radius 1 is 1.15 bits per heavy atom. The first-order chi connectivity index (χ1) is 12.7. The van der Waals surface area contributed by atoms with E-state index in [1.54, 1.807) is 6.92 Å². The van der Waals surface area contributed by atoms with Crippen LogP contribution >= 0.6 is 11.8 Å². The summed E-state index contributed by atoms with van der Waals surface area (Å²) < 4.78 is 7.17. The quantitative estimate of drug-likeness (QED) is 0.290. The summed E-state index contributed by atoms with van der Waals surface area (Å²) in [5.74, 6) is -0.675. The van der Waals surface area contributed by atoms with E-state index >= 15 is 0 Å². The van der Waals surface area contributed by atoms with Crippen molar-refractivity contribution in [3.8, 4) is 0 Å². The maximum absolute atomic E-state index is 12.7. The van der Waals surface area contributed by atoms with Crippen LogP contribution in [0.15, 0.2) is 14.6 Å². The zero-order valence-electron chi connectivity index (χ0n) is 15.9. The van der Waals surface area contributed by atoms with Gasteiger partial charge >= 0.3 is 11.7 Å². The number of hydrogen-bond acceptors (Lipinski definition) is 8. The number of nitrogens with zero attached hydrogens (tertiary/aromatic N) is 4. The maximum atomic E-state index is 12.7. The molecule has 0 aliphatic heterocycles. The van der Waals surface area contributed by atoms with Crippen LogP contribution in [0.4, 0.5) is 0 Å². The van der Waals surface area contributed by atoms with Gasteiger partial charge in [-0.25, -0.2) is 14.8 Å². The predicted octanol–water partition coefficient (Wildman–Crippen LogP) is 0.593. The van der Waals surface area contributed by atoms with E-state index in [0.717, 1.165) is 22.7 Å². The van der Waals surface area contributed by atoms with Crippen molar-refractivity contribution in [2.45, 2.75) is 43.9 Å². The first kappa shape index (κ1) is 20.8. The molecule has 0 unspecified atom stereocenters. The number of carbonyl (C=O) groups is 2. The Balaban J connectivity index is 2.77. The molecular formula is C17H22N4O5S. The molecular weight excluding hydrogens is 372 g/mol. The van der Waals surface area contributed by atoms with Crippen LogP contribution in [0, 0.1) is 0 Å². The summed E-state index contributed by atoms with van der Waals surface area (Å²) in [6, 6.07) is 0. The molecule has 9 nitrogen and oxygen atoms in total. The highest BCUT2D eigenvalue weighted by Crippen LogP contribution is 2.28. The SMILES string of the molecule is CCCc1nc(S[C@@H](C(C)=O)C(=O)OCC)c2c(=O)n(C)c(=O)n(C)c2n1. The maximum Gasteiger partial charge on any atom is 0.332 e. The number of esters is 1. The van der Waals surface area contributed by atoms with Gasteiger partial charge in [0.2, 0.25) is 0 Å². The molecule has 10 heteroatoms. The van der Waals surface area contributed by atoms with E-state index in [2.05, 4.69) is 9.97 Å². The Kier molecular flexibility index (Phi) is 6.53. The van der Waals surface area contributed by atoms with Crippen LogP contribution in [0.5, 0.6) is 0 Å². The number of aromatic nitrogens is 4. The van der Waals surface area contributed by atoms with Crippen molar-refractivity contribution in [1.29, 1.82) is 0 Å². The van der Waals surface area contributed by atoms with E-state index in [-0.39, 0.29) is 22.7 Å². The first-order valence-corrected chi connectivity index (χ1v) is 9.41. The Morgan fingerprint density at radius 3 is 2.37 bits per heavy atom. The highest BCUT2D eigenvalue weighted by molar-refractivity contribution is 8.01. The number of fused-ring (bicyclic) bond motifs is 1. The van der Waals surface area contributed by atoms with Gasteiger partial charge in [0.25, 0.3) is 5.56 Å². The molecule has 0 aliphatic carbocycles. The number of ketones is 1. The molecule has 0 bridgehead atoms. The lowest BCUT2D eigenvalue weighted by molar-refractivity contribution is -0.144. The lowest BCUT2D eigenvalue weighted by Gasteiger charge is -2.15. The first-order valence-electron chi connectivity index (χ1n) is 8.53. The number of ether oxygens (including phenoxy) is 1. The van der Waals surface area contributed by atoms with Crippen LogP contribution in [0.3, 0.4) is 0 Å². The highest BCUT2D eigenvalue weighted by Gasteiger charge is 2.29. The number of carbonyl (C=O) groups excluding carboxylic acids is 2. The second kappa shape index (κ2) is 8.47. The molecule has 0 amide bonds. The third kappa shape index (κ3) is 4.10. The van der Waals surface area contributed by atoms with Gasteiger partial charge in [0.05, 0.1) is 6.61 Å². The molecule has 2 aromatic rings. The second-order valence-corrected chi connectivity index (χ2v) is 7.05. The van der Waals surface area contributed by atoms with Gasteiger partial charge in [-0.05, 0) is 20.3 Å². The molecule has 0 saturated carbocycles. The fraction of sp³-hybridized carbons (Fsp3) is 0.529. The molecule has 0 N–H and O–H groups in total. The largest absolute Gasteiger partial charge is 0.465 e. The Bertz CT molecular complexity index is 1010. The molecule has 1 atom stereocenters. The second-order valence-electron chi connectivity index (χ2n) is 5.96. The minimum absolute atomic E-state index is 0.0972. The van der Waals surface area contributed by atoms with E-state index in [9.17, 15) is 19.2 Å². The zero-order chi connectivity index (χ0) is 20.3. The molecule has 0 fully saturated rings. The normalized spacial score (nSPS) is 12.2. The molecule has 2 aromatic heterocycles. The van der Waals surface area contributed by atoms with Crippen molar-refractivity contribution in [2.75, 3.05) is 6.61 Å². The van der Waals surface area contributed by atoms with Gasteiger partial charge in [-0.3, -0.25) is 23.5 Å². The number of hydrogen-bond donors (Lipinski definition) is 0. The van der Waals surface area contributed by atoms with E-state index in [0.29, 0.717) is 12.2 Å². The standard InChI is InChI=1S/C17H22N4O5S/c1-6-8-10-18-13-11(15(23)21(5)17(25)20(13)4)14(19-10)27-12(9(3)22)16(24)26-7-2/h12H,6-8H2,1-5H3/t12-/m0/s1. The fourth-order valence-corrected chi connectivity index (χ4v) is 3.53. The summed E-state index contributed by atoms with van der Waals surface area (Å²) in [5, 5.41) is -0.868. The Hall–Kier alpha value is -2.49. The lowest BCUT2D eigenvalue weighted by atomic mass is 10.3. The number of thioether (sulfide) groups is 1. The van der Waals surface area contributed by atoms with Crippen LogP contribution in [-0.2, 0) is 34.8 Å². The van der Waals surface area contributed by atoms with Gasteiger partial charge < -0.3 is 4.74 Å². The van der Waals surface area contributed by atoms with E-state index in [1.807, 2.05) is 6.92 Å². The van der Waals surface area contributed by atoms with E-state index in [4.69, 9.17) is 4.74 Å². The van der Waals surface area contributed by atoms with Gasteiger partial charge in [0.1, 0.15) is 16.2 Å². The van der Waals surface area contributed by atoms with Crippen molar-refractivity contribution in [3.05, 3.63) is 26.7 Å². The fourth-order valence-electron chi connectivity index (χ4n) is 2.52. The number of Topliss-reactive ketones (excluding diaryl/α,β-unsaturated/α-hetero) is 1. The summed E-state index contributed by atoms with van der Waals surface area (Å²) in [5.41, 5.74) is -0.918. The highest BCUT2D eigenvalue weighted by atomic mass is 32.2. The summed E-state index contributed by atoms with van der Waals surface area (Å²) >= 11 is 0.848. The van der Waals surface area contributed by atoms with Crippen LogP contribution in [0.25, 0.3) is 11.0 Å². The average Bonchev–Trinajstić information content (AvgIpc) is 2.62. The van der Waals surface area contributed by atoms with Crippen LogP contribution < -0.4 is 11.2 Å². The summed E-state index contributed by atoms with van der Waals surface area (Å²) in [4.78, 5) is 57.8. The monoisotopic (exact) mass is 394 g/mol. The molecule has 0 saturated heterocycles. The predicted molar refractivity (Wildman–Crippen MR) is 101 cm³/mol. The molecule has 0 aliphatic rings. The topological polar surface area (TPSA) is 113 Å². The van der Waals surface area contributed by atoms with Crippen molar-refractivity contribution < 1.29 is 14.3 Å². The third-order valence-corrected chi connectivity index (χ3v) is 5.16. The van der Waals surface area contributed by atoms with Crippen LogP contribution in [-0.4, -0.2) is 42.7 Å². The molecule has 0 spiro atoms. The average molecular weight is 394 g/mol. The van der Waals surface area contributed by atoms with Crippen molar-refractivity contribution in [1.82, 2.24) is 19.1 Å². The van der Waals surface area contributed by atoms with Crippen LogP contribution in [0.2, 0.25) is 0 Å². The van der Waals surface area contributed by atoms with Crippen LogP contribution in [0.1, 0.15) is 33.0 Å². The Morgan fingerprint density at radius 2 is 1.81 bits per heavy atom. The van der Waals surface area contributed by atoms with Gasteiger partial charge in [-0.15, -0.1) is 0 Å². The van der Waals surface area contributed by atoms with E-state index < -0.39 is 28.3 Å². The molecule has 0 radical (unpaired) electrons. The van der Waals surface area contributed by atoms with Gasteiger partial charge in [0.15, 0.2) is 16.7 Å². The van der Waals surface area contributed by atoms with Gasteiger partial charge in [-0.2, -0.15) is 0 Å². The number of aryl methyl sites for hydroxylation is 2. The molecule has 146 valence electrons. The van der Waals surface area contributed by atoms with Crippen molar-refractivity contribution in [3.63, 3.8) is 0 Å². The zero-order valence-corrected chi connectivity index (χ0v) is 16.8. The summed E-state index contributed by atoms with van der Waals surface area (Å²) in [6.07, 6.45) is 1.28.